The minimum atomic E-state index is -4.28. The summed E-state index contributed by atoms with van der Waals surface area (Å²) in [6, 6.07) is 10.8. The Morgan fingerprint density at radius 1 is 0.900 bits per heavy atom. The number of ether oxygens (including phenoxy) is 2. The molecular formula is C23H25F3N2O2. The van der Waals surface area contributed by atoms with Gasteiger partial charge in [0, 0.05) is 25.2 Å². The van der Waals surface area contributed by atoms with Crippen LogP contribution in [0.25, 0.3) is 0 Å². The second kappa shape index (κ2) is 7.69. The van der Waals surface area contributed by atoms with Gasteiger partial charge in [-0.05, 0) is 61.1 Å². The number of alkyl halides is 3. The summed E-state index contributed by atoms with van der Waals surface area (Å²) in [6.45, 7) is 2.97. The van der Waals surface area contributed by atoms with E-state index in [9.17, 15) is 13.2 Å². The number of rotatable bonds is 3. The highest BCUT2D eigenvalue weighted by Gasteiger charge is 2.33. The quantitative estimate of drug-likeness (QED) is 0.810. The average molecular weight is 418 g/mol. The normalized spacial score (nSPS) is 21.6. The van der Waals surface area contributed by atoms with E-state index in [1.165, 1.54) is 12.1 Å². The van der Waals surface area contributed by atoms with Gasteiger partial charge in [0.2, 0.25) is 0 Å². The van der Waals surface area contributed by atoms with Crippen molar-refractivity contribution in [3.8, 4) is 11.5 Å². The van der Waals surface area contributed by atoms with Crippen LogP contribution in [0.3, 0.4) is 0 Å². The van der Waals surface area contributed by atoms with E-state index in [0.717, 1.165) is 60.7 Å². The summed E-state index contributed by atoms with van der Waals surface area (Å²) in [6.07, 6.45) is -0.836. The maximum absolute atomic E-state index is 13.0. The molecule has 0 amide bonds. The van der Waals surface area contributed by atoms with E-state index in [1.807, 2.05) is 12.1 Å². The highest BCUT2D eigenvalue weighted by atomic mass is 19.4. The van der Waals surface area contributed by atoms with Crippen LogP contribution in [-0.2, 0) is 19.0 Å². The molecule has 0 saturated carbocycles. The van der Waals surface area contributed by atoms with E-state index >= 15 is 0 Å². The molecule has 1 aliphatic carbocycles. The van der Waals surface area contributed by atoms with Gasteiger partial charge in [-0.15, -0.1) is 0 Å². The minimum Gasteiger partial charge on any atom is -0.486 e. The monoisotopic (exact) mass is 418 g/mol. The van der Waals surface area contributed by atoms with Gasteiger partial charge in [0.1, 0.15) is 13.2 Å². The number of para-hydroxylation sites is 1. The van der Waals surface area contributed by atoms with Crippen molar-refractivity contribution in [2.24, 2.45) is 0 Å². The molecule has 1 saturated heterocycles. The fourth-order valence-electron chi connectivity index (χ4n) is 4.84. The molecule has 2 aliphatic heterocycles. The van der Waals surface area contributed by atoms with Crippen molar-refractivity contribution < 1.29 is 22.6 Å². The van der Waals surface area contributed by atoms with Crippen LogP contribution in [-0.4, -0.2) is 38.4 Å². The molecule has 1 atom stereocenters. The highest BCUT2D eigenvalue weighted by molar-refractivity contribution is 5.65. The predicted molar refractivity (Wildman–Crippen MR) is 108 cm³/mol. The van der Waals surface area contributed by atoms with Gasteiger partial charge in [0.05, 0.1) is 11.3 Å². The molecule has 3 aliphatic rings. The van der Waals surface area contributed by atoms with Crippen molar-refractivity contribution in [2.45, 2.75) is 43.9 Å². The second-order valence-electron chi connectivity index (χ2n) is 8.32. The van der Waals surface area contributed by atoms with Crippen molar-refractivity contribution in [3.63, 3.8) is 0 Å². The number of benzene rings is 2. The predicted octanol–water partition coefficient (Wildman–Crippen LogP) is 4.20. The van der Waals surface area contributed by atoms with Crippen LogP contribution >= 0.6 is 0 Å². The molecule has 2 aromatic carbocycles. The van der Waals surface area contributed by atoms with E-state index in [1.54, 1.807) is 6.07 Å². The maximum Gasteiger partial charge on any atom is 0.416 e. The summed E-state index contributed by atoms with van der Waals surface area (Å²) < 4.78 is 50.5. The molecule has 1 N–H and O–H groups in total. The molecule has 5 rings (SSSR count). The van der Waals surface area contributed by atoms with Crippen LogP contribution in [0.5, 0.6) is 11.5 Å². The van der Waals surface area contributed by atoms with Crippen LogP contribution in [0, 0.1) is 0 Å². The van der Waals surface area contributed by atoms with E-state index in [4.69, 9.17) is 9.47 Å². The average Bonchev–Trinajstić information content (AvgIpc) is 3.15. The Balaban J connectivity index is 1.18. The van der Waals surface area contributed by atoms with Gasteiger partial charge in [-0.25, -0.2) is 0 Å². The van der Waals surface area contributed by atoms with Crippen LogP contribution < -0.4 is 19.7 Å². The molecule has 2 aromatic rings. The second-order valence-corrected chi connectivity index (χ2v) is 8.32. The Bertz CT molecular complexity index is 923. The van der Waals surface area contributed by atoms with Gasteiger partial charge in [-0.2, -0.15) is 13.2 Å². The molecule has 0 bridgehead atoms. The molecule has 0 aromatic heterocycles. The number of anilines is 1. The number of nitrogens with one attached hydrogen (secondary N) is 1. The molecular weight excluding hydrogens is 393 g/mol. The minimum absolute atomic E-state index is 0.209. The third-order valence-corrected chi connectivity index (χ3v) is 6.32. The third kappa shape index (κ3) is 3.83. The number of nitrogens with zero attached hydrogens (tertiary/aromatic N) is 1. The molecule has 2 heterocycles. The van der Waals surface area contributed by atoms with Gasteiger partial charge < -0.3 is 19.7 Å². The lowest BCUT2D eigenvalue weighted by atomic mass is 10.0. The van der Waals surface area contributed by atoms with Crippen molar-refractivity contribution >= 4 is 5.69 Å². The molecule has 0 radical (unpaired) electrons. The number of hydrogen-bond acceptors (Lipinski definition) is 4. The van der Waals surface area contributed by atoms with Crippen LogP contribution in [0.15, 0.2) is 36.4 Å². The summed E-state index contributed by atoms with van der Waals surface area (Å²) in [5, 5.41) is 3.69. The molecule has 160 valence electrons. The van der Waals surface area contributed by atoms with Crippen LogP contribution in [0.1, 0.15) is 29.5 Å². The summed E-state index contributed by atoms with van der Waals surface area (Å²) >= 11 is 0. The Labute approximate surface area is 174 Å². The zero-order valence-electron chi connectivity index (χ0n) is 16.7. The first-order valence-electron chi connectivity index (χ1n) is 10.6. The first-order chi connectivity index (χ1) is 14.5. The topological polar surface area (TPSA) is 33.7 Å². The van der Waals surface area contributed by atoms with Gasteiger partial charge in [0.15, 0.2) is 11.5 Å². The van der Waals surface area contributed by atoms with Gasteiger partial charge in [-0.1, -0.05) is 12.1 Å². The lowest BCUT2D eigenvalue weighted by Crippen LogP contribution is -2.46. The Kier molecular flexibility index (Phi) is 5.01. The van der Waals surface area contributed by atoms with Crippen molar-refractivity contribution in [1.82, 2.24) is 5.32 Å². The zero-order chi connectivity index (χ0) is 20.7. The molecule has 7 heteroatoms. The first kappa shape index (κ1) is 19.5. The first-order valence-corrected chi connectivity index (χ1v) is 10.6. The van der Waals surface area contributed by atoms with E-state index in [-0.39, 0.29) is 6.04 Å². The number of piperidine rings is 1. The van der Waals surface area contributed by atoms with Crippen molar-refractivity contribution in [1.29, 1.82) is 0 Å². The van der Waals surface area contributed by atoms with Gasteiger partial charge in [0.25, 0.3) is 0 Å². The largest absolute Gasteiger partial charge is 0.486 e. The van der Waals surface area contributed by atoms with E-state index in [2.05, 4.69) is 16.3 Å². The molecule has 1 unspecified atom stereocenters. The maximum atomic E-state index is 13.0. The molecule has 0 spiro atoms. The Morgan fingerprint density at radius 3 is 2.47 bits per heavy atom. The van der Waals surface area contributed by atoms with Crippen LogP contribution in [0.4, 0.5) is 18.9 Å². The third-order valence-electron chi connectivity index (χ3n) is 6.32. The number of hydrogen-bond donors (Lipinski definition) is 1. The summed E-state index contributed by atoms with van der Waals surface area (Å²) in [7, 11) is 0. The Hall–Kier alpha value is -2.41. The van der Waals surface area contributed by atoms with Crippen LogP contribution in [0.2, 0.25) is 0 Å². The smallest absolute Gasteiger partial charge is 0.416 e. The van der Waals surface area contributed by atoms with Gasteiger partial charge >= 0.3 is 6.18 Å². The number of halogens is 3. The summed E-state index contributed by atoms with van der Waals surface area (Å²) in [5.41, 5.74) is 2.39. The SMILES string of the molecule is FC(F)(F)c1ccc2c(c1)CC(NC1CCN(c3cccc4c3OCCO4)CC1)C2. The Morgan fingerprint density at radius 2 is 1.67 bits per heavy atom. The van der Waals surface area contributed by atoms with Crippen molar-refractivity contribution in [3.05, 3.63) is 53.1 Å². The number of fused-ring (bicyclic) bond motifs is 2. The zero-order valence-corrected chi connectivity index (χ0v) is 16.7. The van der Waals surface area contributed by atoms with E-state index < -0.39 is 11.7 Å². The summed E-state index contributed by atoms with van der Waals surface area (Å²) in [5.74, 6) is 1.64. The lowest BCUT2D eigenvalue weighted by Gasteiger charge is -2.36. The lowest BCUT2D eigenvalue weighted by molar-refractivity contribution is -0.137. The fourth-order valence-corrected chi connectivity index (χ4v) is 4.84. The summed E-state index contributed by atoms with van der Waals surface area (Å²) in [4.78, 5) is 2.34. The van der Waals surface area contributed by atoms with Gasteiger partial charge in [-0.3, -0.25) is 0 Å². The molecule has 4 nitrogen and oxygen atoms in total. The highest BCUT2D eigenvalue weighted by Crippen LogP contribution is 2.40. The molecule has 1 fully saturated rings. The van der Waals surface area contributed by atoms with E-state index in [0.29, 0.717) is 25.7 Å². The fraction of sp³-hybridized carbons (Fsp3) is 0.478. The van der Waals surface area contributed by atoms with Crippen molar-refractivity contribution in [2.75, 3.05) is 31.2 Å². The molecule has 30 heavy (non-hydrogen) atoms. The standard InChI is InChI=1S/C23H25F3N2O2/c24-23(25,26)17-5-4-15-13-19(14-16(15)12-17)27-18-6-8-28(9-7-18)20-2-1-3-21-22(20)30-11-10-29-21/h1-5,12,18-19,27H,6-11,13-14H2.